The minimum atomic E-state index is -0.197. The number of hydrogen-bond donors (Lipinski definition) is 2. The van der Waals surface area contributed by atoms with Crippen molar-refractivity contribution in [3.8, 4) is 0 Å². The predicted molar refractivity (Wildman–Crippen MR) is 68.1 cm³/mol. The lowest BCUT2D eigenvalue weighted by atomic mass is 10.0. The first-order valence-corrected chi connectivity index (χ1v) is 6.13. The molecule has 1 heterocycles. The number of amides is 1. The molecule has 0 bridgehead atoms. The molecule has 0 unspecified atom stereocenters. The third-order valence-electron chi connectivity index (χ3n) is 3.49. The molecule has 100 valence electrons. The van der Waals surface area contributed by atoms with Crippen molar-refractivity contribution >= 4 is 11.6 Å². The molecule has 1 fully saturated rings. The lowest BCUT2D eigenvalue weighted by Gasteiger charge is -2.14. The highest BCUT2D eigenvalue weighted by molar-refractivity contribution is 5.97. The maximum Gasteiger partial charge on any atom is 0.273 e. The molecule has 0 aliphatic heterocycles. The highest BCUT2D eigenvalue weighted by atomic mass is 16.5. The van der Waals surface area contributed by atoms with Crippen molar-refractivity contribution in [2.45, 2.75) is 19.3 Å². The Kier molecular flexibility index (Phi) is 3.56. The average molecular weight is 252 g/mol. The smallest absolute Gasteiger partial charge is 0.273 e. The van der Waals surface area contributed by atoms with Gasteiger partial charge in [-0.1, -0.05) is 0 Å². The van der Waals surface area contributed by atoms with Gasteiger partial charge in [0.25, 0.3) is 5.91 Å². The molecule has 0 radical (unpaired) electrons. The number of aromatic nitrogens is 2. The van der Waals surface area contributed by atoms with Gasteiger partial charge in [-0.2, -0.15) is 5.10 Å². The van der Waals surface area contributed by atoms with Crippen LogP contribution in [0.5, 0.6) is 0 Å². The Bertz CT molecular complexity index is 437. The molecule has 6 heteroatoms. The standard InChI is InChI=1S/C12H20N4O2/c1-16-7-9(13)10(15-16)11(17)14-8-12(3-4-12)5-6-18-2/h7H,3-6,8,13H2,1-2H3,(H,14,17). The van der Waals surface area contributed by atoms with E-state index in [9.17, 15) is 4.79 Å². The lowest BCUT2D eigenvalue weighted by molar-refractivity contribution is 0.0933. The third kappa shape index (κ3) is 2.81. The Labute approximate surface area is 106 Å². The van der Waals surface area contributed by atoms with Crippen LogP contribution in [0.25, 0.3) is 0 Å². The van der Waals surface area contributed by atoms with Crippen LogP contribution in [-0.2, 0) is 11.8 Å². The molecule has 1 saturated carbocycles. The van der Waals surface area contributed by atoms with Crippen LogP contribution in [0.4, 0.5) is 5.69 Å². The number of aryl methyl sites for hydroxylation is 1. The van der Waals surface area contributed by atoms with Crippen LogP contribution in [0.2, 0.25) is 0 Å². The van der Waals surface area contributed by atoms with E-state index in [2.05, 4.69) is 10.4 Å². The second-order valence-electron chi connectivity index (χ2n) is 5.03. The van der Waals surface area contributed by atoms with Crippen LogP contribution in [-0.4, -0.2) is 35.9 Å². The average Bonchev–Trinajstić information content (AvgIpc) is 3.03. The van der Waals surface area contributed by atoms with Crippen LogP contribution >= 0.6 is 0 Å². The van der Waals surface area contributed by atoms with Gasteiger partial charge >= 0.3 is 0 Å². The van der Waals surface area contributed by atoms with Crippen molar-refractivity contribution in [2.75, 3.05) is 26.0 Å². The van der Waals surface area contributed by atoms with Gasteiger partial charge in [-0.25, -0.2) is 0 Å². The van der Waals surface area contributed by atoms with Crippen molar-refractivity contribution in [3.05, 3.63) is 11.9 Å². The molecule has 1 aromatic rings. The van der Waals surface area contributed by atoms with Gasteiger partial charge in [0.15, 0.2) is 5.69 Å². The summed E-state index contributed by atoms with van der Waals surface area (Å²) in [6.45, 7) is 1.41. The summed E-state index contributed by atoms with van der Waals surface area (Å²) in [5.41, 5.74) is 6.66. The van der Waals surface area contributed by atoms with E-state index in [1.54, 1.807) is 25.0 Å². The molecule has 1 aliphatic carbocycles. The fraction of sp³-hybridized carbons (Fsp3) is 0.667. The van der Waals surface area contributed by atoms with Gasteiger partial charge in [-0.3, -0.25) is 9.48 Å². The zero-order valence-electron chi connectivity index (χ0n) is 10.9. The summed E-state index contributed by atoms with van der Waals surface area (Å²) in [7, 11) is 3.44. The molecule has 0 atom stereocenters. The number of carbonyl (C=O) groups is 1. The number of nitrogens with two attached hydrogens (primary N) is 1. The van der Waals surface area contributed by atoms with E-state index in [4.69, 9.17) is 10.5 Å². The number of rotatable bonds is 6. The molecule has 0 saturated heterocycles. The highest BCUT2D eigenvalue weighted by Gasteiger charge is 2.42. The van der Waals surface area contributed by atoms with Gasteiger partial charge in [-0.05, 0) is 24.7 Å². The van der Waals surface area contributed by atoms with Crippen LogP contribution in [0.1, 0.15) is 29.8 Å². The van der Waals surface area contributed by atoms with Gasteiger partial charge in [0, 0.05) is 33.5 Å². The van der Waals surface area contributed by atoms with E-state index in [-0.39, 0.29) is 11.3 Å². The van der Waals surface area contributed by atoms with E-state index in [0.717, 1.165) is 25.9 Å². The number of hydrogen-bond acceptors (Lipinski definition) is 4. The molecule has 6 nitrogen and oxygen atoms in total. The van der Waals surface area contributed by atoms with Gasteiger partial charge in [-0.15, -0.1) is 0 Å². The fourth-order valence-electron chi connectivity index (χ4n) is 2.05. The zero-order chi connectivity index (χ0) is 13.2. The van der Waals surface area contributed by atoms with E-state index in [1.807, 2.05) is 0 Å². The summed E-state index contributed by atoms with van der Waals surface area (Å²) in [6, 6.07) is 0. The first-order chi connectivity index (χ1) is 8.56. The Morgan fingerprint density at radius 2 is 2.39 bits per heavy atom. The topological polar surface area (TPSA) is 82.2 Å². The number of carbonyl (C=O) groups excluding carboxylic acids is 1. The monoisotopic (exact) mass is 252 g/mol. The largest absolute Gasteiger partial charge is 0.396 e. The predicted octanol–water partition coefficient (Wildman–Crippen LogP) is 0.549. The molecule has 0 spiro atoms. The molecule has 0 aromatic carbocycles. The van der Waals surface area contributed by atoms with Crippen molar-refractivity contribution in [3.63, 3.8) is 0 Å². The zero-order valence-corrected chi connectivity index (χ0v) is 10.9. The number of nitrogen functional groups attached to an aromatic ring is 1. The van der Waals surface area contributed by atoms with Crippen LogP contribution in [0.15, 0.2) is 6.20 Å². The lowest BCUT2D eigenvalue weighted by Crippen LogP contribution is -2.31. The number of nitrogens with one attached hydrogen (secondary N) is 1. The minimum Gasteiger partial charge on any atom is -0.396 e. The molecule has 18 heavy (non-hydrogen) atoms. The van der Waals surface area contributed by atoms with Crippen LogP contribution < -0.4 is 11.1 Å². The highest BCUT2D eigenvalue weighted by Crippen LogP contribution is 2.48. The molecule has 1 aromatic heterocycles. The fourth-order valence-corrected chi connectivity index (χ4v) is 2.05. The van der Waals surface area contributed by atoms with Gasteiger partial charge in [0.05, 0.1) is 5.69 Å². The van der Waals surface area contributed by atoms with Crippen LogP contribution in [0.3, 0.4) is 0 Å². The SMILES string of the molecule is COCCC1(CNC(=O)c2nn(C)cc2N)CC1. The summed E-state index contributed by atoms with van der Waals surface area (Å²) in [5, 5.41) is 6.96. The van der Waals surface area contributed by atoms with Crippen LogP contribution in [0, 0.1) is 5.41 Å². The number of methoxy groups -OCH3 is 1. The Hall–Kier alpha value is -1.56. The molecule has 3 N–H and O–H groups in total. The van der Waals surface area contributed by atoms with Gasteiger partial charge in [0.1, 0.15) is 0 Å². The summed E-state index contributed by atoms with van der Waals surface area (Å²) in [5.74, 6) is -0.197. The minimum absolute atomic E-state index is 0.197. The maximum absolute atomic E-state index is 11.9. The summed E-state index contributed by atoms with van der Waals surface area (Å²) < 4.78 is 6.63. The molecule has 1 amide bonds. The number of anilines is 1. The molecule has 2 rings (SSSR count). The number of nitrogens with zero attached hydrogens (tertiary/aromatic N) is 2. The third-order valence-corrected chi connectivity index (χ3v) is 3.49. The normalized spacial score (nSPS) is 16.6. The summed E-state index contributed by atoms with van der Waals surface area (Å²) in [4.78, 5) is 11.9. The second kappa shape index (κ2) is 4.97. The van der Waals surface area contributed by atoms with Crippen molar-refractivity contribution in [1.82, 2.24) is 15.1 Å². The van der Waals surface area contributed by atoms with E-state index < -0.39 is 0 Å². The van der Waals surface area contributed by atoms with Gasteiger partial charge < -0.3 is 15.8 Å². The Morgan fingerprint density at radius 1 is 1.67 bits per heavy atom. The van der Waals surface area contributed by atoms with Crippen molar-refractivity contribution in [2.24, 2.45) is 12.5 Å². The molecular weight excluding hydrogens is 232 g/mol. The first-order valence-electron chi connectivity index (χ1n) is 6.13. The van der Waals surface area contributed by atoms with E-state index in [1.165, 1.54) is 0 Å². The molecule has 1 aliphatic rings. The maximum atomic E-state index is 11.9. The first kappa shape index (κ1) is 12.9. The van der Waals surface area contributed by atoms with Gasteiger partial charge in [0.2, 0.25) is 0 Å². The quantitative estimate of drug-likeness (QED) is 0.774. The van der Waals surface area contributed by atoms with E-state index >= 15 is 0 Å². The molecular formula is C12H20N4O2. The van der Waals surface area contributed by atoms with E-state index in [0.29, 0.717) is 17.9 Å². The van der Waals surface area contributed by atoms with Crippen molar-refractivity contribution < 1.29 is 9.53 Å². The van der Waals surface area contributed by atoms with Crippen molar-refractivity contribution in [1.29, 1.82) is 0 Å². The number of ether oxygens (including phenoxy) is 1. The Balaban J connectivity index is 1.87. The summed E-state index contributed by atoms with van der Waals surface area (Å²) in [6.07, 6.45) is 4.91. The Morgan fingerprint density at radius 3 is 2.89 bits per heavy atom. The summed E-state index contributed by atoms with van der Waals surface area (Å²) >= 11 is 0. The second-order valence-corrected chi connectivity index (χ2v) is 5.03.